The molecule has 1 N–H and O–H groups in total. The summed E-state index contributed by atoms with van der Waals surface area (Å²) in [5, 5.41) is 8.08. The highest BCUT2D eigenvalue weighted by Crippen LogP contribution is 2.24. The predicted octanol–water partition coefficient (Wildman–Crippen LogP) is 5.19. The van der Waals surface area contributed by atoms with Crippen molar-refractivity contribution in [3.05, 3.63) is 82.1 Å². The minimum Gasteiger partial charge on any atom is -0.461 e. The lowest BCUT2D eigenvalue weighted by Gasteiger charge is -2.12. The molecule has 0 radical (unpaired) electrons. The molecule has 0 fully saturated rings. The first-order chi connectivity index (χ1) is 15.4. The summed E-state index contributed by atoms with van der Waals surface area (Å²) in [6.45, 7) is 6.75. The first-order valence-corrected chi connectivity index (χ1v) is 11.2. The van der Waals surface area contributed by atoms with Gasteiger partial charge in [0.25, 0.3) is 5.91 Å². The maximum absolute atomic E-state index is 12.5. The van der Waals surface area contributed by atoms with Gasteiger partial charge in [-0.05, 0) is 73.7 Å². The molecule has 32 heavy (non-hydrogen) atoms. The average molecular weight is 454 g/mol. The van der Waals surface area contributed by atoms with Gasteiger partial charge in [0.2, 0.25) is 0 Å². The van der Waals surface area contributed by atoms with Crippen LogP contribution in [-0.4, -0.2) is 34.8 Å². The van der Waals surface area contributed by atoms with E-state index >= 15 is 0 Å². The van der Waals surface area contributed by atoms with Crippen LogP contribution >= 0.6 is 11.6 Å². The third-order valence-electron chi connectivity index (χ3n) is 5.30. The van der Waals surface area contributed by atoms with Crippen molar-refractivity contribution in [3.8, 4) is 5.69 Å². The molecule has 1 heterocycles. The van der Waals surface area contributed by atoms with Gasteiger partial charge in [-0.15, -0.1) is 0 Å². The zero-order chi connectivity index (χ0) is 23.1. The van der Waals surface area contributed by atoms with E-state index in [2.05, 4.69) is 24.3 Å². The summed E-state index contributed by atoms with van der Waals surface area (Å²) in [6, 6.07) is 16.6. The van der Waals surface area contributed by atoms with E-state index in [1.165, 1.54) is 0 Å². The molecule has 0 saturated carbocycles. The van der Waals surface area contributed by atoms with Crippen molar-refractivity contribution in [2.75, 3.05) is 13.2 Å². The third-order valence-corrected chi connectivity index (χ3v) is 5.54. The molecule has 7 heteroatoms. The summed E-state index contributed by atoms with van der Waals surface area (Å²) in [5.41, 5.74) is 3.62. The molecule has 0 aliphatic carbocycles. The fourth-order valence-corrected chi connectivity index (χ4v) is 3.55. The first kappa shape index (κ1) is 23.5. The summed E-state index contributed by atoms with van der Waals surface area (Å²) in [4.78, 5) is 24.7. The van der Waals surface area contributed by atoms with Gasteiger partial charge < -0.3 is 10.1 Å². The van der Waals surface area contributed by atoms with E-state index in [4.69, 9.17) is 16.3 Å². The van der Waals surface area contributed by atoms with Crippen LogP contribution in [0.15, 0.2) is 54.6 Å². The summed E-state index contributed by atoms with van der Waals surface area (Å²) in [6.07, 6.45) is 1.60. The van der Waals surface area contributed by atoms with E-state index in [1.807, 2.05) is 36.4 Å². The number of ether oxygens (including phenoxy) is 1. The zero-order valence-corrected chi connectivity index (χ0v) is 19.4. The van der Waals surface area contributed by atoms with E-state index in [9.17, 15) is 9.59 Å². The van der Waals surface area contributed by atoms with Crippen LogP contribution in [0.5, 0.6) is 0 Å². The highest BCUT2D eigenvalue weighted by Gasteiger charge is 2.19. The van der Waals surface area contributed by atoms with Crippen LogP contribution in [0.2, 0.25) is 5.02 Å². The summed E-state index contributed by atoms with van der Waals surface area (Å²) >= 11 is 6.00. The number of nitrogens with one attached hydrogen (secondary N) is 1. The number of carbonyl (C=O) groups excluding carboxylic acids is 2. The van der Waals surface area contributed by atoms with Crippen molar-refractivity contribution in [3.63, 3.8) is 0 Å². The molecule has 2 aromatic carbocycles. The largest absolute Gasteiger partial charge is 0.461 e. The van der Waals surface area contributed by atoms with Crippen LogP contribution < -0.4 is 5.32 Å². The molecule has 168 valence electrons. The van der Waals surface area contributed by atoms with Crippen LogP contribution in [0.3, 0.4) is 0 Å². The van der Waals surface area contributed by atoms with Crippen LogP contribution in [0.25, 0.3) is 5.69 Å². The fourth-order valence-electron chi connectivity index (χ4n) is 3.34. The lowest BCUT2D eigenvalue weighted by atomic mass is 10.0. The van der Waals surface area contributed by atoms with Gasteiger partial charge in [0.05, 0.1) is 12.3 Å². The molecular weight excluding hydrogens is 426 g/mol. The van der Waals surface area contributed by atoms with Crippen molar-refractivity contribution < 1.29 is 14.3 Å². The van der Waals surface area contributed by atoms with Crippen LogP contribution in [-0.2, 0) is 11.2 Å². The molecule has 1 atom stereocenters. The third kappa shape index (κ3) is 5.77. The molecule has 6 nitrogen and oxygen atoms in total. The number of rotatable bonds is 9. The second kappa shape index (κ2) is 11.0. The van der Waals surface area contributed by atoms with E-state index in [1.54, 1.807) is 29.8 Å². The molecule has 0 aliphatic heterocycles. The number of esters is 1. The van der Waals surface area contributed by atoms with Gasteiger partial charge in [-0.3, -0.25) is 4.79 Å². The Balaban J connectivity index is 1.71. The molecule has 0 saturated heterocycles. The minimum atomic E-state index is -0.438. The Kier molecular flexibility index (Phi) is 8.06. The summed E-state index contributed by atoms with van der Waals surface area (Å²) in [5.74, 6) is -0.375. The number of benzene rings is 2. The molecule has 0 aliphatic rings. The average Bonchev–Trinajstić information content (AvgIpc) is 3.24. The fraction of sp³-hybridized carbons (Fsp3) is 0.320. The van der Waals surface area contributed by atoms with Crippen molar-refractivity contribution in [1.29, 1.82) is 0 Å². The van der Waals surface area contributed by atoms with Gasteiger partial charge >= 0.3 is 5.97 Å². The van der Waals surface area contributed by atoms with Gasteiger partial charge in [0.15, 0.2) is 5.69 Å². The molecule has 0 bridgehead atoms. The molecule has 3 rings (SSSR count). The zero-order valence-electron chi connectivity index (χ0n) is 18.6. The number of hydrogen-bond acceptors (Lipinski definition) is 4. The van der Waals surface area contributed by atoms with Crippen molar-refractivity contribution in [1.82, 2.24) is 15.1 Å². The van der Waals surface area contributed by atoms with Crippen molar-refractivity contribution in [2.24, 2.45) is 0 Å². The Labute approximate surface area is 193 Å². The predicted molar refractivity (Wildman–Crippen MR) is 126 cm³/mol. The van der Waals surface area contributed by atoms with Crippen molar-refractivity contribution >= 4 is 23.5 Å². The van der Waals surface area contributed by atoms with E-state index in [0.29, 0.717) is 30.2 Å². The highest BCUT2D eigenvalue weighted by molar-refractivity contribution is 6.30. The number of amides is 1. The molecule has 3 aromatic rings. The highest BCUT2D eigenvalue weighted by atomic mass is 35.5. The Bertz CT molecular complexity index is 1080. The smallest absolute Gasteiger partial charge is 0.358 e. The van der Waals surface area contributed by atoms with Crippen LogP contribution in [0, 0.1) is 0 Å². The quantitative estimate of drug-likeness (QED) is 0.452. The molecule has 0 unspecified atom stereocenters. The normalized spacial score (nSPS) is 11.8. The van der Waals surface area contributed by atoms with Gasteiger partial charge in [-0.1, -0.05) is 37.6 Å². The Hall–Kier alpha value is -3.12. The second-order valence-electron chi connectivity index (χ2n) is 7.58. The van der Waals surface area contributed by atoms with Crippen LogP contribution in [0.1, 0.15) is 65.2 Å². The topological polar surface area (TPSA) is 73.2 Å². The van der Waals surface area contributed by atoms with Gasteiger partial charge in [-0.2, -0.15) is 5.10 Å². The molecule has 1 aromatic heterocycles. The standard InChI is InChI=1S/C25H28ClN3O3/c1-4-17(3)23-16-22(25(31)32-5-2)28-29(23)21-11-9-19(10-12-21)24(30)27-14-13-18-7-6-8-20(26)15-18/h6-12,15-17H,4-5,13-14H2,1-3H3,(H,27,30)/t17-/m1/s1. The second-order valence-corrected chi connectivity index (χ2v) is 8.02. The summed E-state index contributed by atoms with van der Waals surface area (Å²) < 4.78 is 6.85. The number of aromatic nitrogens is 2. The lowest BCUT2D eigenvalue weighted by molar-refractivity contribution is 0.0518. The monoisotopic (exact) mass is 453 g/mol. The Morgan fingerprint density at radius 1 is 1.12 bits per heavy atom. The molecular formula is C25H28ClN3O3. The number of nitrogens with zero attached hydrogens (tertiary/aromatic N) is 2. The van der Waals surface area contributed by atoms with Gasteiger partial charge in [0, 0.05) is 22.8 Å². The lowest BCUT2D eigenvalue weighted by Crippen LogP contribution is -2.25. The number of carbonyl (C=O) groups is 2. The maximum atomic E-state index is 12.5. The minimum absolute atomic E-state index is 0.145. The van der Waals surface area contributed by atoms with E-state index < -0.39 is 5.97 Å². The van der Waals surface area contributed by atoms with Gasteiger partial charge in [0.1, 0.15) is 0 Å². The summed E-state index contributed by atoms with van der Waals surface area (Å²) in [7, 11) is 0. The number of halogens is 1. The Morgan fingerprint density at radius 2 is 1.88 bits per heavy atom. The number of hydrogen-bond donors (Lipinski definition) is 1. The van der Waals surface area contributed by atoms with Gasteiger partial charge in [-0.25, -0.2) is 9.48 Å². The van der Waals surface area contributed by atoms with E-state index in [0.717, 1.165) is 23.4 Å². The van der Waals surface area contributed by atoms with E-state index in [-0.39, 0.29) is 17.5 Å². The maximum Gasteiger partial charge on any atom is 0.358 e. The molecule has 1 amide bonds. The van der Waals surface area contributed by atoms with Crippen molar-refractivity contribution in [2.45, 2.75) is 39.5 Å². The first-order valence-electron chi connectivity index (χ1n) is 10.8. The molecule has 0 spiro atoms. The SMILES string of the molecule is CCOC(=O)c1cc([C@H](C)CC)n(-c2ccc(C(=O)NCCc3cccc(Cl)c3)cc2)n1. The van der Waals surface area contributed by atoms with Crippen LogP contribution in [0.4, 0.5) is 0 Å². The Morgan fingerprint density at radius 3 is 2.53 bits per heavy atom.